The Labute approximate surface area is 169 Å². The van der Waals surface area contributed by atoms with E-state index in [1.54, 1.807) is 18.3 Å². The molecule has 0 aliphatic carbocycles. The van der Waals surface area contributed by atoms with Gasteiger partial charge in [-0.15, -0.1) is 0 Å². The number of benzene rings is 2. The molecule has 1 aliphatic heterocycles. The third-order valence-electron chi connectivity index (χ3n) is 5.01. The molecule has 0 spiro atoms. The molecule has 1 aliphatic rings. The first-order chi connectivity index (χ1) is 14.3. The second kappa shape index (κ2) is 7.33. The number of carbonyl (C=O) groups excluding carboxylic acids is 2. The van der Waals surface area contributed by atoms with Crippen molar-refractivity contribution in [1.29, 1.82) is 0 Å². The first-order valence-corrected chi connectivity index (χ1v) is 9.00. The van der Waals surface area contributed by atoms with Gasteiger partial charge in [0.25, 0.3) is 5.91 Å². The van der Waals surface area contributed by atoms with Crippen LogP contribution in [0.15, 0.2) is 54.7 Å². The second-order valence-corrected chi connectivity index (χ2v) is 6.99. The quantitative estimate of drug-likeness (QED) is 0.641. The lowest BCUT2D eigenvalue weighted by Gasteiger charge is -2.22. The Hall–Kier alpha value is -3.62. The molecular formula is C21H16F3N3O3. The van der Waals surface area contributed by atoms with E-state index in [-0.39, 0.29) is 12.3 Å². The molecule has 0 saturated carbocycles. The maximum atomic E-state index is 14.0. The number of pyridine rings is 1. The number of carbonyl (C=O) groups is 2. The highest BCUT2D eigenvalue weighted by Crippen LogP contribution is 2.32. The molecule has 3 aromatic rings. The van der Waals surface area contributed by atoms with E-state index in [2.05, 4.69) is 15.0 Å². The van der Waals surface area contributed by atoms with Gasteiger partial charge in [0, 0.05) is 17.1 Å². The first-order valence-electron chi connectivity index (χ1n) is 9.00. The smallest absolute Gasteiger partial charge is 0.387 e. The average molecular weight is 415 g/mol. The molecule has 30 heavy (non-hydrogen) atoms. The predicted octanol–water partition coefficient (Wildman–Crippen LogP) is 3.94. The van der Waals surface area contributed by atoms with Gasteiger partial charge >= 0.3 is 12.6 Å². The number of amides is 3. The zero-order chi connectivity index (χ0) is 21.5. The maximum Gasteiger partial charge on any atom is 0.387 e. The Balaban J connectivity index is 1.63. The standard InChI is InChI=1S/C21H16F3N3O3/c1-21(14-4-6-16(7-5-14)30-19(23)24)18(28)27(20(29)26-21)11-13-10-15(22)9-12-3-2-8-25-17(12)13/h2-10,19H,11H2,1H3,(H,26,29). The number of halogens is 3. The predicted molar refractivity (Wildman–Crippen MR) is 101 cm³/mol. The Morgan fingerprint density at radius 2 is 1.90 bits per heavy atom. The monoisotopic (exact) mass is 415 g/mol. The molecule has 1 N–H and O–H groups in total. The summed E-state index contributed by atoms with van der Waals surface area (Å²) in [6.07, 6.45) is 1.54. The number of urea groups is 1. The van der Waals surface area contributed by atoms with Crippen molar-refractivity contribution in [3.8, 4) is 5.75 Å². The zero-order valence-electron chi connectivity index (χ0n) is 15.7. The van der Waals surface area contributed by atoms with Crippen LogP contribution in [-0.4, -0.2) is 28.4 Å². The Morgan fingerprint density at radius 3 is 2.60 bits per heavy atom. The number of nitrogens with zero attached hydrogens (tertiary/aromatic N) is 2. The van der Waals surface area contributed by atoms with Crippen molar-refractivity contribution < 1.29 is 27.5 Å². The van der Waals surface area contributed by atoms with Crippen molar-refractivity contribution in [3.63, 3.8) is 0 Å². The third kappa shape index (κ3) is 3.42. The van der Waals surface area contributed by atoms with Gasteiger partial charge in [0.1, 0.15) is 17.1 Å². The highest BCUT2D eigenvalue weighted by atomic mass is 19.3. The van der Waals surface area contributed by atoms with E-state index >= 15 is 0 Å². The number of imide groups is 1. The van der Waals surface area contributed by atoms with E-state index in [1.165, 1.54) is 43.3 Å². The molecule has 2 heterocycles. The van der Waals surface area contributed by atoms with Crippen LogP contribution in [0.25, 0.3) is 10.9 Å². The molecule has 154 valence electrons. The summed E-state index contributed by atoms with van der Waals surface area (Å²) in [6.45, 7) is -1.62. The van der Waals surface area contributed by atoms with Gasteiger partial charge in [-0.2, -0.15) is 8.78 Å². The fraction of sp³-hybridized carbons (Fsp3) is 0.190. The number of aromatic nitrogens is 1. The molecule has 6 nitrogen and oxygen atoms in total. The fourth-order valence-electron chi connectivity index (χ4n) is 3.52. The van der Waals surface area contributed by atoms with Gasteiger partial charge in [0.15, 0.2) is 0 Å². The summed E-state index contributed by atoms with van der Waals surface area (Å²) in [7, 11) is 0. The SMILES string of the molecule is CC1(c2ccc(OC(F)F)cc2)NC(=O)N(Cc2cc(F)cc3cccnc23)C1=O. The Kier molecular flexibility index (Phi) is 4.81. The van der Waals surface area contributed by atoms with Crippen LogP contribution in [0.4, 0.5) is 18.0 Å². The van der Waals surface area contributed by atoms with Gasteiger partial charge in [-0.1, -0.05) is 18.2 Å². The lowest BCUT2D eigenvalue weighted by atomic mass is 9.92. The number of hydrogen-bond donors (Lipinski definition) is 1. The van der Waals surface area contributed by atoms with Crippen LogP contribution in [0, 0.1) is 5.82 Å². The summed E-state index contributed by atoms with van der Waals surface area (Å²) in [6, 6.07) is 10.7. The largest absolute Gasteiger partial charge is 0.435 e. The molecule has 9 heteroatoms. The van der Waals surface area contributed by atoms with Gasteiger partial charge in [0.05, 0.1) is 12.1 Å². The van der Waals surface area contributed by atoms with Gasteiger partial charge in [-0.05, 0) is 42.8 Å². The topological polar surface area (TPSA) is 71.5 Å². The minimum atomic E-state index is -2.97. The molecule has 1 fully saturated rings. The van der Waals surface area contributed by atoms with Gasteiger partial charge < -0.3 is 10.1 Å². The van der Waals surface area contributed by atoms with Crippen LogP contribution in [0.1, 0.15) is 18.1 Å². The van der Waals surface area contributed by atoms with Crippen molar-refractivity contribution in [2.24, 2.45) is 0 Å². The summed E-state index contributed by atoms with van der Waals surface area (Å²) in [5.41, 5.74) is -0.135. The van der Waals surface area contributed by atoms with Crippen LogP contribution in [0.3, 0.4) is 0 Å². The van der Waals surface area contributed by atoms with E-state index < -0.39 is 29.9 Å². The molecule has 1 saturated heterocycles. The van der Waals surface area contributed by atoms with Crippen molar-refractivity contribution in [3.05, 3.63) is 71.7 Å². The molecule has 1 unspecified atom stereocenters. The van der Waals surface area contributed by atoms with Crippen molar-refractivity contribution in [2.75, 3.05) is 0 Å². The van der Waals surface area contributed by atoms with E-state index in [0.717, 1.165) is 4.90 Å². The Bertz CT molecular complexity index is 1140. The summed E-state index contributed by atoms with van der Waals surface area (Å²) in [4.78, 5) is 30.9. The molecule has 4 rings (SSSR count). The lowest BCUT2D eigenvalue weighted by molar-refractivity contribution is -0.131. The van der Waals surface area contributed by atoms with E-state index in [9.17, 15) is 22.8 Å². The Morgan fingerprint density at radius 1 is 1.17 bits per heavy atom. The minimum absolute atomic E-state index is 0.0664. The molecule has 0 radical (unpaired) electrons. The molecule has 0 bridgehead atoms. The highest BCUT2D eigenvalue weighted by molar-refractivity contribution is 6.07. The zero-order valence-corrected chi connectivity index (χ0v) is 15.7. The number of alkyl halides is 2. The normalized spacial score (nSPS) is 18.9. The summed E-state index contributed by atoms with van der Waals surface area (Å²) in [5, 5.41) is 3.18. The van der Waals surface area contributed by atoms with Crippen molar-refractivity contribution >= 4 is 22.8 Å². The third-order valence-corrected chi connectivity index (χ3v) is 5.01. The summed E-state index contributed by atoms with van der Waals surface area (Å²) in [5.74, 6) is -1.12. The number of hydrogen-bond acceptors (Lipinski definition) is 4. The van der Waals surface area contributed by atoms with Gasteiger partial charge in [0.2, 0.25) is 0 Å². The van der Waals surface area contributed by atoms with Crippen LogP contribution in [0.2, 0.25) is 0 Å². The molecule has 1 aromatic heterocycles. The lowest BCUT2D eigenvalue weighted by Crippen LogP contribution is -2.40. The maximum absolute atomic E-state index is 14.0. The van der Waals surface area contributed by atoms with E-state index in [0.29, 0.717) is 22.0 Å². The highest BCUT2D eigenvalue weighted by Gasteiger charge is 2.49. The van der Waals surface area contributed by atoms with Gasteiger partial charge in [-0.25, -0.2) is 9.18 Å². The van der Waals surface area contributed by atoms with Crippen LogP contribution >= 0.6 is 0 Å². The number of fused-ring (bicyclic) bond motifs is 1. The molecule has 2 aromatic carbocycles. The number of ether oxygens (including phenoxy) is 1. The second-order valence-electron chi connectivity index (χ2n) is 6.99. The summed E-state index contributed by atoms with van der Waals surface area (Å²) >= 11 is 0. The van der Waals surface area contributed by atoms with Crippen molar-refractivity contribution in [1.82, 2.24) is 15.2 Å². The molecular weight excluding hydrogens is 399 g/mol. The van der Waals surface area contributed by atoms with E-state index in [4.69, 9.17) is 0 Å². The number of nitrogens with one attached hydrogen (secondary N) is 1. The average Bonchev–Trinajstić information content (AvgIpc) is 2.92. The first kappa shape index (κ1) is 19.7. The molecule has 3 amide bonds. The minimum Gasteiger partial charge on any atom is -0.435 e. The number of rotatable bonds is 5. The van der Waals surface area contributed by atoms with Crippen LogP contribution in [0.5, 0.6) is 5.75 Å². The van der Waals surface area contributed by atoms with E-state index in [1.807, 2.05) is 0 Å². The fourth-order valence-corrected chi connectivity index (χ4v) is 3.52. The summed E-state index contributed by atoms with van der Waals surface area (Å²) < 4.78 is 43.0. The molecule has 1 atom stereocenters. The van der Waals surface area contributed by atoms with Crippen LogP contribution in [-0.2, 0) is 16.9 Å². The van der Waals surface area contributed by atoms with Crippen molar-refractivity contribution in [2.45, 2.75) is 25.6 Å². The van der Waals surface area contributed by atoms with Crippen LogP contribution < -0.4 is 10.1 Å². The van der Waals surface area contributed by atoms with Gasteiger partial charge in [-0.3, -0.25) is 14.7 Å².